The fraction of sp³-hybridized carbons (Fsp3) is 0.143. The SMILES string of the molecule is C[Si](C)(C)C#Cc1cccc2c(-c3c(P(c4ccccc4)c4ccccc4)ccc4c(C#C[Si](C)(C)C)cccc34)cccc12. The van der Waals surface area contributed by atoms with Gasteiger partial charge < -0.3 is 0 Å². The Morgan fingerprint density at radius 1 is 0.422 bits per heavy atom. The molecule has 6 rings (SSSR count). The zero-order valence-electron chi connectivity index (χ0n) is 27.1. The van der Waals surface area contributed by atoms with Crippen LogP contribution < -0.4 is 15.9 Å². The Kier molecular flexibility index (Phi) is 8.68. The van der Waals surface area contributed by atoms with Crippen LogP contribution in [0.4, 0.5) is 0 Å². The van der Waals surface area contributed by atoms with E-state index in [4.69, 9.17) is 0 Å². The summed E-state index contributed by atoms with van der Waals surface area (Å²) in [4.78, 5) is 0. The van der Waals surface area contributed by atoms with Crippen molar-refractivity contribution < 1.29 is 0 Å². The highest BCUT2D eigenvalue weighted by atomic mass is 31.1. The lowest BCUT2D eigenvalue weighted by Gasteiger charge is -2.25. The highest BCUT2D eigenvalue weighted by Crippen LogP contribution is 2.42. The summed E-state index contributed by atoms with van der Waals surface area (Å²) >= 11 is 0. The fourth-order valence-corrected chi connectivity index (χ4v) is 9.16. The third kappa shape index (κ3) is 6.91. The molecule has 0 unspecified atom stereocenters. The maximum atomic E-state index is 3.62. The number of hydrogen-bond donors (Lipinski definition) is 0. The molecule has 0 aromatic heterocycles. The van der Waals surface area contributed by atoms with Gasteiger partial charge in [0.2, 0.25) is 0 Å². The number of hydrogen-bond acceptors (Lipinski definition) is 0. The van der Waals surface area contributed by atoms with Crippen molar-refractivity contribution in [2.45, 2.75) is 39.3 Å². The van der Waals surface area contributed by atoms with Gasteiger partial charge >= 0.3 is 0 Å². The van der Waals surface area contributed by atoms with Crippen molar-refractivity contribution in [2.24, 2.45) is 0 Å². The molecule has 0 spiro atoms. The summed E-state index contributed by atoms with van der Waals surface area (Å²) in [5.41, 5.74) is 12.0. The van der Waals surface area contributed by atoms with Crippen LogP contribution in [-0.2, 0) is 0 Å². The number of rotatable bonds is 4. The van der Waals surface area contributed by atoms with Gasteiger partial charge in [0.25, 0.3) is 0 Å². The molecule has 0 radical (unpaired) electrons. The standard InChI is InChI=1S/C42H39PSi2/c1-44(2,3)30-28-32-16-13-23-38-36(32)22-15-25-40(38)42-39-24-14-17-33(29-31-45(4,5)6)37(39)26-27-41(42)43(34-18-9-7-10-19-34)35-20-11-8-12-21-35/h7-27H,1-6H3. The third-order valence-corrected chi connectivity index (χ3v) is 11.9. The molecule has 3 heteroatoms. The minimum Gasteiger partial charge on any atom is -0.127 e. The zero-order valence-corrected chi connectivity index (χ0v) is 30.0. The summed E-state index contributed by atoms with van der Waals surface area (Å²) < 4.78 is 0. The van der Waals surface area contributed by atoms with Crippen LogP contribution in [0.2, 0.25) is 39.3 Å². The first-order chi connectivity index (χ1) is 21.6. The second-order valence-corrected chi connectivity index (χ2v) is 25.3. The third-order valence-electron chi connectivity index (χ3n) is 7.64. The minimum absolute atomic E-state index is 0.836. The van der Waals surface area contributed by atoms with Gasteiger partial charge in [-0.2, -0.15) is 0 Å². The Balaban J connectivity index is 1.72. The molecular weight excluding hydrogens is 592 g/mol. The Labute approximate surface area is 272 Å². The summed E-state index contributed by atoms with van der Waals surface area (Å²) in [7, 11) is -3.93. The van der Waals surface area contributed by atoms with E-state index in [2.05, 4.69) is 190 Å². The van der Waals surface area contributed by atoms with Crippen molar-refractivity contribution in [3.8, 4) is 34.1 Å². The van der Waals surface area contributed by atoms with E-state index in [9.17, 15) is 0 Å². The predicted molar refractivity (Wildman–Crippen MR) is 206 cm³/mol. The molecule has 0 saturated carbocycles. The van der Waals surface area contributed by atoms with Crippen molar-refractivity contribution in [1.82, 2.24) is 0 Å². The van der Waals surface area contributed by atoms with E-state index in [1.54, 1.807) is 0 Å². The molecule has 0 aliphatic heterocycles. The number of benzene rings is 6. The van der Waals surface area contributed by atoms with Gasteiger partial charge in [-0.3, -0.25) is 0 Å². The first-order valence-corrected chi connectivity index (χ1v) is 24.0. The molecule has 0 atom stereocenters. The van der Waals surface area contributed by atoms with Crippen LogP contribution in [0.1, 0.15) is 11.1 Å². The van der Waals surface area contributed by atoms with Gasteiger partial charge in [0.15, 0.2) is 0 Å². The van der Waals surface area contributed by atoms with Crippen LogP contribution >= 0.6 is 7.92 Å². The molecule has 0 nitrogen and oxygen atoms in total. The molecule has 220 valence electrons. The molecule has 6 aromatic carbocycles. The maximum Gasteiger partial charge on any atom is 0.129 e. The Morgan fingerprint density at radius 2 is 0.889 bits per heavy atom. The van der Waals surface area contributed by atoms with Crippen LogP contribution in [0.3, 0.4) is 0 Å². The summed E-state index contributed by atoms with van der Waals surface area (Å²) in [5, 5.41) is 8.96. The highest BCUT2D eigenvalue weighted by Gasteiger charge is 2.24. The molecular formula is C42H39PSi2. The van der Waals surface area contributed by atoms with E-state index in [1.807, 2.05) is 0 Å². The maximum absolute atomic E-state index is 3.62. The second kappa shape index (κ2) is 12.7. The van der Waals surface area contributed by atoms with Crippen molar-refractivity contribution in [1.29, 1.82) is 0 Å². The summed E-state index contributed by atoms with van der Waals surface area (Å²) in [6.07, 6.45) is 0. The lowest BCUT2D eigenvalue weighted by Crippen LogP contribution is -2.22. The highest BCUT2D eigenvalue weighted by molar-refractivity contribution is 7.80. The van der Waals surface area contributed by atoms with E-state index in [0.29, 0.717) is 0 Å². The van der Waals surface area contributed by atoms with Crippen LogP contribution in [0.15, 0.2) is 127 Å². The molecule has 0 aliphatic rings. The van der Waals surface area contributed by atoms with Gasteiger partial charge in [-0.25, -0.2) is 0 Å². The molecule has 0 fully saturated rings. The molecule has 0 N–H and O–H groups in total. The first kappa shape index (κ1) is 30.8. The molecule has 0 aliphatic carbocycles. The minimum atomic E-state index is -1.55. The smallest absolute Gasteiger partial charge is 0.127 e. The van der Waals surface area contributed by atoms with E-state index in [1.165, 1.54) is 48.6 Å². The van der Waals surface area contributed by atoms with E-state index in [-0.39, 0.29) is 0 Å². The quantitative estimate of drug-likeness (QED) is 0.103. The van der Waals surface area contributed by atoms with E-state index in [0.717, 1.165) is 11.1 Å². The van der Waals surface area contributed by atoms with Gasteiger partial charge in [0, 0.05) is 11.1 Å². The predicted octanol–water partition coefficient (Wildman–Crippen LogP) is 9.88. The molecule has 0 saturated heterocycles. The normalized spacial score (nSPS) is 11.6. The van der Waals surface area contributed by atoms with Crippen molar-refractivity contribution in [3.05, 3.63) is 139 Å². The summed E-state index contributed by atoms with van der Waals surface area (Å²) in [6, 6.07) is 46.8. The van der Waals surface area contributed by atoms with Crippen LogP contribution in [-0.4, -0.2) is 16.1 Å². The summed E-state index contributed by atoms with van der Waals surface area (Å²) in [6.45, 7) is 13.8. The van der Waals surface area contributed by atoms with E-state index >= 15 is 0 Å². The number of fused-ring (bicyclic) bond motifs is 2. The molecule has 0 amide bonds. The van der Waals surface area contributed by atoms with Crippen LogP contribution in [0.25, 0.3) is 32.7 Å². The van der Waals surface area contributed by atoms with Gasteiger partial charge in [0.1, 0.15) is 16.1 Å². The second-order valence-electron chi connectivity index (χ2n) is 13.6. The topological polar surface area (TPSA) is 0 Å². The Morgan fingerprint density at radius 3 is 1.42 bits per heavy atom. The van der Waals surface area contributed by atoms with Gasteiger partial charge in [0.05, 0.1) is 0 Å². The van der Waals surface area contributed by atoms with Crippen molar-refractivity contribution in [2.75, 3.05) is 0 Å². The van der Waals surface area contributed by atoms with Crippen LogP contribution in [0, 0.1) is 22.9 Å². The first-order valence-electron chi connectivity index (χ1n) is 15.6. The molecule has 6 aromatic rings. The Hall–Kier alpha value is -4.18. The van der Waals surface area contributed by atoms with Crippen molar-refractivity contribution >= 4 is 61.5 Å². The Bertz CT molecular complexity index is 2090. The average molecular weight is 631 g/mol. The fourth-order valence-electron chi connectivity index (χ4n) is 5.65. The molecule has 0 bridgehead atoms. The van der Waals surface area contributed by atoms with E-state index < -0.39 is 24.1 Å². The van der Waals surface area contributed by atoms with Gasteiger partial charge in [-0.15, -0.1) is 11.1 Å². The molecule has 45 heavy (non-hydrogen) atoms. The van der Waals surface area contributed by atoms with Crippen molar-refractivity contribution in [3.63, 3.8) is 0 Å². The average Bonchev–Trinajstić information content (AvgIpc) is 3.03. The molecule has 0 heterocycles. The summed E-state index contributed by atoms with van der Waals surface area (Å²) in [5.74, 6) is 7.17. The van der Waals surface area contributed by atoms with Gasteiger partial charge in [-0.1, -0.05) is 166 Å². The van der Waals surface area contributed by atoms with Gasteiger partial charge in [-0.05, 0) is 68.6 Å². The monoisotopic (exact) mass is 630 g/mol. The zero-order chi connectivity index (χ0) is 31.6. The lowest BCUT2D eigenvalue weighted by molar-refractivity contribution is 1.67. The van der Waals surface area contributed by atoms with Crippen LogP contribution in [0.5, 0.6) is 0 Å². The lowest BCUT2D eigenvalue weighted by atomic mass is 9.91. The largest absolute Gasteiger partial charge is 0.129 e.